The number of para-hydroxylation sites is 1. The summed E-state index contributed by atoms with van der Waals surface area (Å²) in [5, 5.41) is 3.24. The van der Waals surface area contributed by atoms with Gasteiger partial charge in [0.15, 0.2) is 0 Å². The van der Waals surface area contributed by atoms with E-state index in [1.54, 1.807) is 11.1 Å². The predicted octanol–water partition coefficient (Wildman–Crippen LogP) is 4.27. The number of anilines is 4. The van der Waals surface area contributed by atoms with Gasteiger partial charge in [-0.05, 0) is 56.2 Å². The van der Waals surface area contributed by atoms with Crippen LogP contribution in [0.2, 0.25) is 0 Å². The van der Waals surface area contributed by atoms with E-state index in [-0.39, 0.29) is 5.91 Å². The Kier molecular flexibility index (Phi) is 5.42. The van der Waals surface area contributed by atoms with Crippen molar-refractivity contribution in [2.24, 2.45) is 0 Å². The second kappa shape index (κ2) is 8.31. The zero-order chi connectivity index (χ0) is 20.2. The zero-order valence-electron chi connectivity index (χ0n) is 16.8. The maximum Gasteiger partial charge on any atom is 0.278 e. The highest BCUT2D eigenvalue weighted by Crippen LogP contribution is 2.28. The van der Waals surface area contributed by atoms with Crippen molar-refractivity contribution in [3.63, 3.8) is 0 Å². The Bertz CT molecular complexity index is 981. The molecule has 0 fully saturated rings. The molecule has 2 aromatic carbocycles. The maximum atomic E-state index is 12.8. The second-order valence-electron chi connectivity index (χ2n) is 6.97. The lowest BCUT2D eigenvalue weighted by Gasteiger charge is -2.21. The van der Waals surface area contributed by atoms with Crippen LogP contribution in [0.4, 0.5) is 22.9 Å². The van der Waals surface area contributed by atoms with Crippen molar-refractivity contribution in [2.75, 3.05) is 34.8 Å². The molecule has 0 spiro atoms. The minimum Gasteiger partial charge on any atom is -0.372 e. The fraction of sp³-hybridized carbons (Fsp3) is 0.261. The highest BCUT2D eigenvalue weighted by atomic mass is 16.2. The molecule has 1 aliphatic heterocycles. The molecule has 0 saturated carbocycles. The summed E-state index contributed by atoms with van der Waals surface area (Å²) in [6.45, 7) is 6.93. The van der Waals surface area contributed by atoms with Crippen LogP contribution >= 0.6 is 0 Å². The van der Waals surface area contributed by atoms with Crippen molar-refractivity contribution in [3.8, 4) is 0 Å². The third kappa shape index (κ3) is 3.92. The van der Waals surface area contributed by atoms with Gasteiger partial charge in [0.1, 0.15) is 11.5 Å². The van der Waals surface area contributed by atoms with E-state index in [1.165, 1.54) is 17.4 Å². The summed E-state index contributed by atoms with van der Waals surface area (Å²) in [6, 6.07) is 16.2. The lowest BCUT2D eigenvalue weighted by Crippen LogP contribution is -2.29. The van der Waals surface area contributed by atoms with E-state index in [4.69, 9.17) is 0 Å². The van der Waals surface area contributed by atoms with E-state index in [0.717, 1.165) is 30.9 Å². The molecule has 148 valence electrons. The van der Waals surface area contributed by atoms with Gasteiger partial charge < -0.3 is 15.1 Å². The molecule has 1 N–H and O–H groups in total. The molecular weight excluding hydrogens is 362 g/mol. The minimum atomic E-state index is -0.113. The van der Waals surface area contributed by atoms with Crippen LogP contribution in [0.5, 0.6) is 0 Å². The molecule has 29 heavy (non-hydrogen) atoms. The number of rotatable bonds is 6. The van der Waals surface area contributed by atoms with Gasteiger partial charge in [-0.3, -0.25) is 4.79 Å². The molecule has 1 aromatic heterocycles. The molecular formula is C23H25N5O. The van der Waals surface area contributed by atoms with Crippen LogP contribution in [0.25, 0.3) is 0 Å². The van der Waals surface area contributed by atoms with Crippen LogP contribution in [0.1, 0.15) is 29.9 Å². The van der Waals surface area contributed by atoms with E-state index in [0.29, 0.717) is 18.1 Å². The number of hydrogen-bond acceptors (Lipinski definition) is 5. The molecule has 0 radical (unpaired) electrons. The summed E-state index contributed by atoms with van der Waals surface area (Å²) < 4.78 is 0. The smallest absolute Gasteiger partial charge is 0.278 e. The molecule has 3 aromatic rings. The molecule has 0 unspecified atom stereocenters. The molecule has 0 saturated heterocycles. The second-order valence-corrected chi connectivity index (χ2v) is 6.97. The number of amides is 1. The molecule has 1 aliphatic rings. The number of nitrogens with zero attached hydrogens (tertiary/aromatic N) is 4. The summed E-state index contributed by atoms with van der Waals surface area (Å²) >= 11 is 0. The average Bonchev–Trinajstić information content (AvgIpc) is 3.20. The first-order valence-corrected chi connectivity index (χ1v) is 10.0. The summed E-state index contributed by atoms with van der Waals surface area (Å²) in [4.78, 5) is 25.6. The Morgan fingerprint density at radius 3 is 2.48 bits per heavy atom. The molecule has 2 heterocycles. The summed E-state index contributed by atoms with van der Waals surface area (Å²) in [5.74, 6) is 0.497. The molecule has 6 nitrogen and oxygen atoms in total. The normalized spacial score (nSPS) is 12.6. The van der Waals surface area contributed by atoms with Crippen molar-refractivity contribution in [1.82, 2.24) is 9.97 Å². The Morgan fingerprint density at radius 2 is 1.79 bits per heavy atom. The van der Waals surface area contributed by atoms with Crippen LogP contribution in [0, 0.1) is 0 Å². The van der Waals surface area contributed by atoms with E-state index in [9.17, 15) is 4.79 Å². The van der Waals surface area contributed by atoms with Crippen LogP contribution in [-0.2, 0) is 6.42 Å². The SMILES string of the molecule is CCN(CC)c1ccc(Nc2cnc(C(=O)N3CCc4ccccc43)cn2)cc1. The molecule has 0 atom stereocenters. The highest BCUT2D eigenvalue weighted by Gasteiger charge is 2.26. The molecule has 0 bridgehead atoms. The Balaban J connectivity index is 1.44. The number of benzene rings is 2. The van der Waals surface area contributed by atoms with E-state index < -0.39 is 0 Å². The molecule has 1 amide bonds. The van der Waals surface area contributed by atoms with Crippen LogP contribution in [0.3, 0.4) is 0 Å². The lowest BCUT2D eigenvalue weighted by molar-refractivity contribution is 0.0984. The van der Waals surface area contributed by atoms with Crippen molar-refractivity contribution in [3.05, 3.63) is 72.2 Å². The number of carbonyl (C=O) groups excluding carboxylic acids is 1. The molecule has 4 rings (SSSR count). The van der Waals surface area contributed by atoms with Gasteiger partial charge in [0.2, 0.25) is 0 Å². The van der Waals surface area contributed by atoms with Gasteiger partial charge in [-0.2, -0.15) is 0 Å². The van der Waals surface area contributed by atoms with E-state index in [1.807, 2.05) is 30.3 Å². The zero-order valence-corrected chi connectivity index (χ0v) is 16.8. The van der Waals surface area contributed by atoms with Gasteiger partial charge in [0.25, 0.3) is 5.91 Å². The fourth-order valence-corrected chi connectivity index (χ4v) is 3.68. The topological polar surface area (TPSA) is 61.4 Å². The van der Waals surface area contributed by atoms with Crippen molar-refractivity contribution < 1.29 is 4.79 Å². The summed E-state index contributed by atoms with van der Waals surface area (Å²) in [7, 11) is 0. The van der Waals surface area contributed by atoms with E-state index >= 15 is 0 Å². The number of carbonyl (C=O) groups is 1. The molecule has 0 aliphatic carbocycles. The summed E-state index contributed by atoms with van der Waals surface area (Å²) in [6.07, 6.45) is 4.02. The Labute approximate surface area is 171 Å². The average molecular weight is 387 g/mol. The highest BCUT2D eigenvalue weighted by molar-refractivity contribution is 6.05. The van der Waals surface area contributed by atoms with Gasteiger partial charge in [0, 0.05) is 36.7 Å². The first-order valence-electron chi connectivity index (χ1n) is 10.0. The predicted molar refractivity (Wildman–Crippen MR) is 117 cm³/mol. The van der Waals surface area contributed by atoms with Gasteiger partial charge in [-0.15, -0.1) is 0 Å². The quantitative estimate of drug-likeness (QED) is 0.684. The van der Waals surface area contributed by atoms with Crippen molar-refractivity contribution in [2.45, 2.75) is 20.3 Å². The van der Waals surface area contributed by atoms with Gasteiger partial charge in [-0.1, -0.05) is 18.2 Å². The number of nitrogens with one attached hydrogen (secondary N) is 1. The molecule has 6 heteroatoms. The number of hydrogen-bond donors (Lipinski definition) is 1. The monoisotopic (exact) mass is 387 g/mol. The Morgan fingerprint density at radius 1 is 1.03 bits per heavy atom. The summed E-state index contributed by atoms with van der Waals surface area (Å²) in [5.41, 5.74) is 4.64. The van der Waals surface area contributed by atoms with Crippen LogP contribution in [0.15, 0.2) is 60.9 Å². The van der Waals surface area contributed by atoms with Gasteiger partial charge >= 0.3 is 0 Å². The van der Waals surface area contributed by atoms with Gasteiger partial charge in [-0.25, -0.2) is 9.97 Å². The third-order valence-corrected chi connectivity index (χ3v) is 5.27. The fourth-order valence-electron chi connectivity index (χ4n) is 3.68. The standard InChI is InChI=1S/C23H25N5O/c1-3-27(4-2)19-11-9-18(10-12-19)26-22-16-24-20(15-25-22)23(29)28-14-13-17-7-5-6-8-21(17)28/h5-12,15-16H,3-4,13-14H2,1-2H3,(H,25,26). The first kappa shape index (κ1) is 18.9. The van der Waals surface area contributed by atoms with Crippen molar-refractivity contribution in [1.29, 1.82) is 0 Å². The van der Waals surface area contributed by atoms with Crippen molar-refractivity contribution >= 4 is 28.8 Å². The maximum absolute atomic E-state index is 12.8. The number of fused-ring (bicyclic) bond motifs is 1. The largest absolute Gasteiger partial charge is 0.372 e. The van der Waals surface area contributed by atoms with Crippen LogP contribution < -0.4 is 15.1 Å². The number of aromatic nitrogens is 2. The Hall–Kier alpha value is -3.41. The van der Waals surface area contributed by atoms with Crippen LogP contribution in [-0.4, -0.2) is 35.5 Å². The third-order valence-electron chi connectivity index (χ3n) is 5.27. The first-order chi connectivity index (χ1) is 14.2. The van der Waals surface area contributed by atoms with E-state index in [2.05, 4.69) is 52.2 Å². The minimum absolute atomic E-state index is 0.113. The van der Waals surface area contributed by atoms with Gasteiger partial charge in [0.05, 0.1) is 12.4 Å². The lowest BCUT2D eigenvalue weighted by atomic mass is 10.2.